The normalized spacial score (nSPS) is 27.0. The number of pyridine rings is 1. The molecular formula is C17H21N3O2. The summed E-state index contributed by atoms with van der Waals surface area (Å²) in [5.41, 5.74) is 2.34. The largest absolute Gasteiger partial charge is 0.462 e. The highest BCUT2D eigenvalue weighted by Gasteiger charge is 2.38. The zero-order valence-electron chi connectivity index (χ0n) is 13.0. The van der Waals surface area contributed by atoms with Crippen LogP contribution in [0.5, 0.6) is 0 Å². The Morgan fingerprint density at radius 2 is 2.32 bits per heavy atom. The lowest BCUT2D eigenvalue weighted by Gasteiger charge is -2.22. The van der Waals surface area contributed by atoms with Gasteiger partial charge in [-0.3, -0.25) is 4.79 Å². The second-order valence-electron chi connectivity index (χ2n) is 6.80. The molecule has 1 unspecified atom stereocenters. The van der Waals surface area contributed by atoms with Crippen molar-refractivity contribution in [1.82, 2.24) is 15.2 Å². The third-order valence-electron chi connectivity index (χ3n) is 5.00. The first-order valence-electron chi connectivity index (χ1n) is 8.02. The number of furan rings is 1. The van der Waals surface area contributed by atoms with Gasteiger partial charge in [-0.15, -0.1) is 0 Å². The van der Waals surface area contributed by atoms with Crippen LogP contribution in [0, 0.1) is 5.92 Å². The van der Waals surface area contributed by atoms with E-state index in [0.29, 0.717) is 17.5 Å². The molecule has 116 valence electrons. The highest BCUT2D eigenvalue weighted by atomic mass is 16.3. The van der Waals surface area contributed by atoms with E-state index in [1.165, 1.54) is 13.0 Å². The molecule has 5 nitrogen and oxygen atoms in total. The first-order valence-corrected chi connectivity index (χ1v) is 8.02. The first-order chi connectivity index (χ1) is 10.6. The molecular weight excluding hydrogens is 278 g/mol. The van der Waals surface area contributed by atoms with E-state index in [1.807, 2.05) is 6.07 Å². The topological polar surface area (TPSA) is 58.4 Å². The summed E-state index contributed by atoms with van der Waals surface area (Å²) in [7, 11) is 0. The van der Waals surface area contributed by atoms with Gasteiger partial charge in [0.25, 0.3) is 5.91 Å². The van der Waals surface area contributed by atoms with Gasteiger partial charge in [0.15, 0.2) is 5.58 Å². The summed E-state index contributed by atoms with van der Waals surface area (Å²) in [6.07, 6.45) is 4.61. The number of piperidine rings is 1. The Morgan fingerprint density at radius 3 is 3.00 bits per heavy atom. The van der Waals surface area contributed by atoms with Gasteiger partial charge >= 0.3 is 0 Å². The van der Waals surface area contributed by atoms with Crippen LogP contribution in [0.1, 0.15) is 42.2 Å². The lowest BCUT2D eigenvalue weighted by Crippen LogP contribution is -2.43. The maximum Gasteiger partial charge on any atom is 0.270 e. The van der Waals surface area contributed by atoms with Crippen molar-refractivity contribution in [2.45, 2.75) is 32.2 Å². The maximum absolute atomic E-state index is 12.5. The van der Waals surface area contributed by atoms with Crippen molar-refractivity contribution in [3.8, 4) is 0 Å². The fraction of sp³-hybridized carbons (Fsp3) is 0.529. The number of carbonyl (C=O) groups excluding carboxylic acids is 1. The Balaban J connectivity index is 1.57. The Kier molecular flexibility index (Phi) is 3.18. The quantitative estimate of drug-likeness (QED) is 0.945. The molecule has 2 aromatic rings. The van der Waals surface area contributed by atoms with Crippen LogP contribution >= 0.6 is 0 Å². The van der Waals surface area contributed by atoms with Gasteiger partial charge < -0.3 is 14.6 Å². The van der Waals surface area contributed by atoms with E-state index >= 15 is 0 Å². The Hall–Kier alpha value is -1.88. The molecule has 0 aromatic carbocycles. The van der Waals surface area contributed by atoms with Crippen LogP contribution < -0.4 is 5.32 Å². The molecule has 2 aliphatic heterocycles. The molecule has 5 heteroatoms. The molecule has 0 spiro atoms. The SMILES string of the molecule is CC(C)c1coc2cnc(C(=O)N[C@H]3CN4CC[C@@H]3C4)cc12. The van der Waals surface area contributed by atoms with Gasteiger partial charge in [-0.05, 0) is 30.9 Å². The van der Waals surface area contributed by atoms with Crippen LogP contribution in [-0.4, -0.2) is 41.5 Å². The number of carbonyl (C=O) groups is 1. The van der Waals surface area contributed by atoms with E-state index in [4.69, 9.17) is 4.42 Å². The maximum atomic E-state index is 12.5. The minimum atomic E-state index is -0.0726. The summed E-state index contributed by atoms with van der Waals surface area (Å²) in [4.78, 5) is 19.2. The predicted octanol–water partition coefficient (Wildman–Crippen LogP) is 2.39. The van der Waals surface area contributed by atoms with Gasteiger partial charge in [0.2, 0.25) is 0 Å². The van der Waals surface area contributed by atoms with Gasteiger partial charge in [-0.1, -0.05) is 13.8 Å². The predicted molar refractivity (Wildman–Crippen MR) is 83.9 cm³/mol. The molecule has 1 amide bonds. The van der Waals surface area contributed by atoms with Crippen molar-refractivity contribution in [3.63, 3.8) is 0 Å². The minimum absolute atomic E-state index is 0.0726. The van der Waals surface area contributed by atoms with E-state index in [9.17, 15) is 4.79 Å². The highest BCUT2D eigenvalue weighted by Crippen LogP contribution is 2.29. The van der Waals surface area contributed by atoms with Gasteiger partial charge in [0.05, 0.1) is 12.5 Å². The van der Waals surface area contributed by atoms with Crippen LogP contribution in [0.4, 0.5) is 0 Å². The average molecular weight is 299 g/mol. The molecule has 22 heavy (non-hydrogen) atoms. The van der Waals surface area contributed by atoms with Crippen LogP contribution in [0.3, 0.4) is 0 Å². The Labute approximate surface area is 129 Å². The van der Waals surface area contributed by atoms with E-state index in [0.717, 1.165) is 29.6 Å². The number of rotatable bonds is 3. The molecule has 2 bridgehead atoms. The van der Waals surface area contributed by atoms with Gasteiger partial charge in [-0.25, -0.2) is 4.98 Å². The molecule has 3 atom stereocenters. The fourth-order valence-corrected chi connectivity index (χ4v) is 3.71. The van der Waals surface area contributed by atoms with Gasteiger partial charge in [-0.2, -0.15) is 0 Å². The number of amides is 1. The van der Waals surface area contributed by atoms with E-state index < -0.39 is 0 Å². The standard InChI is InChI=1S/C17H21N3O2/c1-10(2)13-9-22-16-6-18-14(5-12(13)16)17(21)19-15-8-20-4-3-11(15)7-20/h5-6,9-11,15H,3-4,7-8H2,1-2H3,(H,19,21)/t11-,15+/m1/s1. The molecule has 4 heterocycles. The number of hydrogen-bond acceptors (Lipinski definition) is 4. The molecule has 2 aromatic heterocycles. The molecule has 0 radical (unpaired) electrons. The zero-order valence-corrected chi connectivity index (χ0v) is 13.0. The molecule has 2 saturated heterocycles. The van der Waals surface area contributed by atoms with Crippen molar-refractivity contribution in [2.75, 3.05) is 19.6 Å². The van der Waals surface area contributed by atoms with Crippen molar-refractivity contribution in [1.29, 1.82) is 0 Å². The monoisotopic (exact) mass is 299 g/mol. The molecule has 0 aliphatic carbocycles. The summed E-state index contributed by atoms with van der Waals surface area (Å²) in [5, 5.41) is 4.15. The summed E-state index contributed by atoms with van der Waals surface area (Å²) in [6.45, 7) is 7.51. The first kappa shape index (κ1) is 13.8. The zero-order chi connectivity index (χ0) is 15.3. The molecule has 4 rings (SSSR count). The molecule has 1 N–H and O–H groups in total. The molecule has 0 saturated carbocycles. The Bertz CT molecular complexity index is 722. The van der Waals surface area contributed by atoms with Crippen LogP contribution in [0.25, 0.3) is 11.0 Å². The smallest absolute Gasteiger partial charge is 0.270 e. The molecule has 2 aliphatic rings. The number of nitrogens with one attached hydrogen (secondary N) is 1. The summed E-state index contributed by atoms with van der Waals surface area (Å²) >= 11 is 0. The van der Waals surface area contributed by atoms with Crippen molar-refractivity contribution in [2.24, 2.45) is 5.92 Å². The number of aromatic nitrogens is 1. The van der Waals surface area contributed by atoms with E-state index in [-0.39, 0.29) is 11.9 Å². The summed E-state index contributed by atoms with van der Waals surface area (Å²) in [5.74, 6) is 0.891. The van der Waals surface area contributed by atoms with Crippen LogP contribution in [-0.2, 0) is 0 Å². The van der Waals surface area contributed by atoms with Crippen LogP contribution in [0.2, 0.25) is 0 Å². The van der Waals surface area contributed by atoms with Crippen molar-refractivity contribution < 1.29 is 9.21 Å². The third kappa shape index (κ3) is 2.20. The number of nitrogens with zero attached hydrogens (tertiary/aromatic N) is 2. The van der Waals surface area contributed by atoms with Gasteiger partial charge in [0.1, 0.15) is 5.69 Å². The number of hydrogen-bond donors (Lipinski definition) is 1. The minimum Gasteiger partial charge on any atom is -0.462 e. The van der Waals surface area contributed by atoms with Crippen molar-refractivity contribution >= 4 is 16.9 Å². The lowest BCUT2D eigenvalue weighted by molar-refractivity contribution is 0.0919. The Morgan fingerprint density at radius 1 is 1.45 bits per heavy atom. The summed E-state index contributed by atoms with van der Waals surface area (Å²) in [6, 6.07) is 2.13. The van der Waals surface area contributed by atoms with Crippen LogP contribution in [0.15, 0.2) is 22.9 Å². The fourth-order valence-electron chi connectivity index (χ4n) is 3.71. The second kappa shape index (κ2) is 5.09. The lowest BCUT2D eigenvalue weighted by atomic mass is 9.99. The van der Waals surface area contributed by atoms with E-state index in [2.05, 4.69) is 29.0 Å². The second-order valence-corrected chi connectivity index (χ2v) is 6.80. The number of fused-ring (bicyclic) bond motifs is 3. The molecule has 2 fully saturated rings. The third-order valence-corrected chi connectivity index (χ3v) is 5.00. The summed E-state index contributed by atoms with van der Waals surface area (Å²) < 4.78 is 5.52. The highest BCUT2D eigenvalue weighted by molar-refractivity contribution is 5.96. The van der Waals surface area contributed by atoms with E-state index in [1.54, 1.807) is 12.5 Å². The van der Waals surface area contributed by atoms with Gasteiger partial charge in [0, 0.05) is 30.1 Å². The van der Waals surface area contributed by atoms with Crippen molar-refractivity contribution in [3.05, 3.63) is 29.8 Å². The average Bonchev–Trinajstić information content (AvgIpc) is 3.20.